The van der Waals surface area contributed by atoms with Crippen molar-refractivity contribution < 1.29 is 19.0 Å². The zero-order chi connectivity index (χ0) is 21.7. The molecule has 0 aliphatic heterocycles. The van der Waals surface area contributed by atoms with Crippen LogP contribution in [0.2, 0.25) is 5.02 Å². The van der Waals surface area contributed by atoms with Crippen molar-refractivity contribution in [2.75, 3.05) is 21.3 Å². The number of ether oxygens (including phenoxy) is 3. The Kier molecular flexibility index (Phi) is 6.84. The van der Waals surface area contributed by atoms with Gasteiger partial charge < -0.3 is 19.9 Å². The van der Waals surface area contributed by atoms with E-state index in [1.165, 1.54) is 0 Å². The Morgan fingerprint density at radius 2 is 1.73 bits per heavy atom. The Bertz CT molecular complexity index is 1050. The quantitative estimate of drug-likeness (QED) is 0.541. The molecule has 3 aromatic rings. The number of methoxy groups -OCH3 is 3. The van der Waals surface area contributed by atoms with Crippen molar-refractivity contribution in [3.05, 3.63) is 69.5 Å². The molecule has 30 heavy (non-hydrogen) atoms. The summed E-state index contributed by atoms with van der Waals surface area (Å²) in [6.07, 6.45) is 1.55. The number of primary amides is 1. The van der Waals surface area contributed by atoms with Crippen LogP contribution in [0.1, 0.15) is 32.9 Å². The first kappa shape index (κ1) is 21.5. The molecule has 1 amide bonds. The van der Waals surface area contributed by atoms with Crippen molar-refractivity contribution in [2.45, 2.75) is 19.3 Å². The minimum absolute atomic E-state index is 0.411. The number of hydrogen-bond acceptors (Lipinski definition) is 5. The molecule has 0 saturated heterocycles. The van der Waals surface area contributed by atoms with E-state index in [2.05, 4.69) is 10.2 Å². The van der Waals surface area contributed by atoms with Gasteiger partial charge in [-0.25, -0.2) is 0 Å². The maximum absolute atomic E-state index is 12.2. The van der Waals surface area contributed by atoms with E-state index >= 15 is 0 Å². The average Bonchev–Trinajstić information content (AvgIpc) is 3.14. The number of amides is 1. The van der Waals surface area contributed by atoms with Gasteiger partial charge in [-0.15, -0.1) is 0 Å². The summed E-state index contributed by atoms with van der Waals surface area (Å²) in [4.78, 5) is 12.2. The largest absolute Gasteiger partial charge is 0.496 e. The van der Waals surface area contributed by atoms with Crippen molar-refractivity contribution in [2.24, 2.45) is 5.73 Å². The van der Waals surface area contributed by atoms with Crippen LogP contribution in [-0.4, -0.2) is 37.4 Å². The van der Waals surface area contributed by atoms with Crippen LogP contribution in [0.15, 0.2) is 36.4 Å². The normalized spacial score (nSPS) is 10.7. The molecule has 3 N–H and O–H groups in total. The fourth-order valence-corrected chi connectivity index (χ4v) is 3.63. The number of nitrogens with two attached hydrogens (primary N) is 1. The first-order valence-electron chi connectivity index (χ1n) is 9.36. The molecule has 0 spiro atoms. The van der Waals surface area contributed by atoms with Crippen molar-refractivity contribution in [1.29, 1.82) is 0 Å². The molecule has 0 radical (unpaired) electrons. The van der Waals surface area contributed by atoms with Gasteiger partial charge in [0, 0.05) is 17.5 Å². The Morgan fingerprint density at radius 3 is 2.37 bits per heavy atom. The van der Waals surface area contributed by atoms with E-state index in [1.807, 2.05) is 24.3 Å². The van der Waals surface area contributed by atoms with E-state index in [-0.39, 0.29) is 0 Å². The molecular formula is C22H24ClN3O4. The summed E-state index contributed by atoms with van der Waals surface area (Å²) in [5, 5.41) is 7.94. The molecule has 1 aromatic heterocycles. The highest BCUT2D eigenvalue weighted by Crippen LogP contribution is 2.35. The number of carbonyl (C=O) groups excluding carboxylic acids is 1. The first-order valence-corrected chi connectivity index (χ1v) is 9.73. The molecule has 158 valence electrons. The molecule has 0 atom stereocenters. The van der Waals surface area contributed by atoms with E-state index < -0.39 is 5.91 Å². The fourth-order valence-electron chi connectivity index (χ4n) is 3.41. The number of aromatic nitrogens is 2. The van der Waals surface area contributed by atoms with E-state index in [0.717, 1.165) is 11.1 Å². The number of rotatable bonds is 9. The topological polar surface area (TPSA) is 99.5 Å². The summed E-state index contributed by atoms with van der Waals surface area (Å²) in [7, 11) is 4.74. The van der Waals surface area contributed by atoms with Crippen molar-refractivity contribution in [1.82, 2.24) is 10.2 Å². The standard InChI is InChI=1S/C22H24ClN3O4/c1-28-18-12-20(30-3)19(29-2)11-14(18)7-8-16-21(22(24)27)17(26-25-16)10-13-5-4-6-15(23)9-13/h4-6,9,11-12H,7-8,10H2,1-3H3,(H2,24,27)(H,25,26). The van der Waals surface area contributed by atoms with Gasteiger partial charge in [-0.05, 0) is 42.2 Å². The van der Waals surface area contributed by atoms with Gasteiger partial charge in [0.25, 0.3) is 5.91 Å². The number of halogens is 1. The summed E-state index contributed by atoms with van der Waals surface area (Å²) < 4.78 is 16.2. The average molecular weight is 430 g/mol. The number of benzene rings is 2. The lowest BCUT2D eigenvalue weighted by Crippen LogP contribution is -2.15. The number of nitrogens with one attached hydrogen (secondary N) is 1. The summed E-state index contributed by atoms with van der Waals surface area (Å²) in [6.45, 7) is 0. The molecule has 0 aliphatic rings. The van der Waals surface area contributed by atoms with Gasteiger partial charge >= 0.3 is 0 Å². The van der Waals surface area contributed by atoms with Gasteiger partial charge in [-0.2, -0.15) is 5.10 Å². The highest BCUT2D eigenvalue weighted by Gasteiger charge is 2.20. The van der Waals surface area contributed by atoms with Crippen LogP contribution in [0.5, 0.6) is 17.2 Å². The van der Waals surface area contributed by atoms with Crippen molar-refractivity contribution in [3.63, 3.8) is 0 Å². The van der Waals surface area contributed by atoms with E-state index in [0.29, 0.717) is 58.5 Å². The van der Waals surface area contributed by atoms with Crippen LogP contribution in [0.3, 0.4) is 0 Å². The predicted molar refractivity (Wildman–Crippen MR) is 115 cm³/mol. The molecule has 2 aromatic carbocycles. The molecule has 0 saturated carbocycles. The molecule has 0 bridgehead atoms. The second-order valence-electron chi connectivity index (χ2n) is 6.71. The number of nitrogens with zero attached hydrogens (tertiary/aromatic N) is 1. The lowest BCUT2D eigenvalue weighted by Gasteiger charge is -2.14. The minimum atomic E-state index is -0.518. The molecule has 0 unspecified atom stereocenters. The summed E-state index contributed by atoms with van der Waals surface area (Å²) >= 11 is 6.06. The van der Waals surface area contributed by atoms with Gasteiger partial charge in [0.15, 0.2) is 11.5 Å². The zero-order valence-corrected chi connectivity index (χ0v) is 17.9. The van der Waals surface area contributed by atoms with Crippen molar-refractivity contribution in [3.8, 4) is 17.2 Å². The Labute approximate surface area is 180 Å². The Morgan fingerprint density at radius 1 is 1.03 bits per heavy atom. The van der Waals surface area contributed by atoms with E-state index in [9.17, 15) is 4.79 Å². The molecule has 0 fully saturated rings. The van der Waals surface area contributed by atoms with Gasteiger partial charge in [-0.3, -0.25) is 9.89 Å². The zero-order valence-electron chi connectivity index (χ0n) is 17.1. The summed E-state index contributed by atoms with van der Waals surface area (Å²) in [5.74, 6) is 1.34. The van der Waals surface area contributed by atoms with Crippen LogP contribution in [0.4, 0.5) is 0 Å². The molecular weight excluding hydrogens is 406 g/mol. The third-order valence-electron chi connectivity index (χ3n) is 4.85. The van der Waals surface area contributed by atoms with Gasteiger partial charge in [0.1, 0.15) is 5.75 Å². The monoisotopic (exact) mass is 429 g/mol. The number of H-pyrrole nitrogens is 1. The highest BCUT2D eigenvalue weighted by atomic mass is 35.5. The highest BCUT2D eigenvalue weighted by molar-refractivity contribution is 6.30. The van der Waals surface area contributed by atoms with Crippen LogP contribution in [0, 0.1) is 0 Å². The molecule has 8 heteroatoms. The lowest BCUT2D eigenvalue weighted by atomic mass is 10.0. The molecule has 3 rings (SSSR count). The Hall–Kier alpha value is -3.19. The Balaban J connectivity index is 1.85. The van der Waals surface area contributed by atoms with E-state index in [1.54, 1.807) is 33.5 Å². The second-order valence-corrected chi connectivity index (χ2v) is 7.15. The summed E-state index contributed by atoms with van der Waals surface area (Å²) in [6, 6.07) is 11.1. The third kappa shape index (κ3) is 4.68. The second kappa shape index (κ2) is 9.54. The molecule has 1 heterocycles. The van der Waals surface area contributed by atoms with Crippen molar-refractivity contribution >= 4 is 17.5 Å². The predicted octanol–water partition coefficient (Wildman–Crippen LogP) is 3.56. The third-order valence-corrected chi connectivity index (χ3v) is 5.09. The van der Waals surface area contributed by atoms with Gasteiger partial charge in [0.05, 0.1) is 38.3 Å². The molecule has 7 nitrogen and oxygen atoms in total. The van der Waals surface area contributed by atoms with Crippen LogP contribution >= 0.6 is 11.6 Å². The van der Waals surface area contributed by atoms with Crippen LogP contribution < -0.4 is 19.9 Å². The number of carbonyl (C=O) groups is 1. The maximum Gasteiger partial charge on any atom is 0.252 e. The van der Waals surface area contributed by atoms with E-state index in [4.69, 9.17) is 31.5 Å². The van der Waals surface area contributed by atoms with Gasteiger partial charge in [-0.1, -0.05) is 23.7 Å². The first-order chi connectivity index (χ1) is 14.5. The molecule has 0 aliphatic carbocycles. The smallest absolute Gasteiger partial charge is 0.252 e. The minimum Gasteiger partial charge on any atom is -0.496 e. The van der Waals surface area contributed by atoms with Gasteiger partial charge in [0.2, 0.25) is 0 Å². The number of aryl methyl sites for hydroxylation is 2. The SMILES string of the molecule is COc1cc(OC)c(OC)cc1CCc1n[nH]c(Cc2cccc(Cl)c2)c1C(N)=O. The van der Waals surface area contributed by atoms with Crippen LogP contribution in [-0.2, 0) is 19.3 Å². The fraction of sp³-hybridized carbons (Fsp3) is 0.273. The van der Waals surface area contributed by atoms with Crippen LogP contribution in [0.25, 0.3) is 0 Å². The summed E-state index contributed by atoms with van der Waals surface area (Å²) in [5.41, 5.74) is 9.22. The number of hydrogen-bond donors (Lipinski definition) is 2. The maximum atomic E-state index is 12.2. The lowest BCUT2D eigenvalue weighted by molar-refractivity contribution is 0.0998. The number of aromatic amines is 1.